The Morgan fingerprint density at radius 1 is 1.50 bits per heavy atom. The molecule has 0 aliphatic rings. The van der Waals surface area contributed by atoms with Gasteiger partial charge in [-0.15, -0.1) is 0 Å². The molecule has 0 rings (SSSR count). The van der Waals surface area contributed by atoms with Gasteiger partial charge < -0.3 is 20.9 Å². The standard InChI is InChI=1S/C11H22N2O4S/c1-4-17-11(16)7(2)13-10(15)9(14)8(12)5-6-18-3/h7-9,14H,4-6,12H2,1-3H3,(H,13,15)/t7-,8-,9?/m0/s1. The zero-order valence-corrected chi connectivity index (χ0v) is 11.8. The van der Waals surface area contributed by atoms with Gasteiger partial charge in [0.15, 0.2) is 0 Å². The van der Waals surface area contributed by atoms with Crippen LogP contribution in [0, 0.1) is 0 Å². The van der Waals surface area contributed by atoms with E-state index in [1.807, 2.05) is 6.26 Å². The number of rotatable bonds is 8. The van der Waals surface area contributed by atoms with Crippen molar-refractivity contribution in [2.45, 2.75) is 38.5 Å². The minimum atomic E-state index is -1.31. The fraction of sp³-hybridized carbons (Fsp3) is 0.818. The summed E-state index contributed by atoms with van der Waals surface area (Å²) in [5, 5.41) is 12.0. The number of hydrogen-bond acceptors (Lipinski definition) is 6. The Morgan fingerprint density at radius 3 is 2.61 bits per heavy atom. The van der Waals surface area contributed by atoms with E-state index in [1.54, 1.807) is 18.7 Å². The van der Waals surface area contributed by atoms with E-state index in [0.29, 0.717) is 6.42 Å². The van der Waals surface area contributed by atoms with Crippen LogP contribution in [0.25, 0.3) is 0 Å². The van der Waals surface area contributed by atoms with Crippen molar-refractivity contribution in [3.05, 3.63) is 0 Å². The third-order valence-electron chi connectivity index (χ3n) is 2.33. The molecule has 7 heteroatoms. The first-order valence-electron chi connectivity index (χ1n) is 5.83. The summed E-state index contributed by atoms with van der Waals surface area (Å²) in [5.74, 6) is -0.418. The molecule has 0 aromatic rings. The van der Waals surface area contributed by atoms with Crippen molar-refractivity contribution in [2.24, 2.45) is 5.73 Å². The number of esters is 1. The Morgan fingerprint density at radius 2 is 2.11 bits per heavy atom. The van der Waals surface area contributed by atoms with Crippen LogP contribution in [0.5, 0.6) is 0 Å². The third kappa shape index (κ3) is 6.23. The van der Waals surface area contributed by atoms with Gasteiger partial charge in [0.2, 0.25) is 0 Å². The van der Waals surface area contributed by atoms with Crippen LogP contribution in [0.4, 0.5) is 0 Å². The highest BCUT2D eigenvalue weighted by Gasteiger charge is 2.25. The van der Waals surface area contributed by atoms with Crippen molar-refractivity contribution >= 4 is 23.6 Å². The molecule has 0 aromatic carbocycles. The number of carbonyl (C=O) groups excluding carboxylic acids is 2. The molecule has 1 unspecified atom stereocenters. The minimum absolute atomic E-state index is 0.245. The number of amides is 1. The van der Waals surface area contributed by atoms with Crippen molar-refractivity contribution < 1.29 is 19.4 Å². The van der Waals surface area contributed by atoms with E-state index in [4.69, 9.17) is 10.5 Å². The topological polar surface area (TPSA) is 102 Å². The average Bonchev–Trinajstić information content (AvgIpc) is 2.34. The Kier molecular flexibility index (Phi) is 8.78. The Bertz CT molecular complexity index is 276. The van der Waals surface area contributed by atoms with E-state index in [1.165, 1.54) is 6.92 Å². The molecule has 0 bridgehead atoms. The summed E-state index contributed by atoms with van der Waals surface area (Å²) in [7, 11) is 0. The second-order valence-corrected chi connectivity index (χ2v) is 4.86. The predicted octanol–water partition coefficient (Wildman–Crippen LogP) is -0.504. The van der Waals surface area contributed by atoms with Crippen LogP contribution in [0.15, 0.2) is 0 Å². The molecule has 0 spiro atoms. The van der Waals surface area contributed by atoms with Gasteiger partial charge in [-0.05, 0) is 32.3 Å². The summed E-state index contributed by atoms with van der Waals surface area (Å²) in [5.41, 5.74) is 5.67. The van der Waals surface area contributed by atoms with Gasteiger partial charge in [-0.3, -0.25) is 4.79 Å². The first-order chi connectivity index (χ1) is 8.43. The molecular weight excluding hydrogens is 256 g/mol. The summed E-state index contributed by atoms with van der Waals surface area (Å²) in [4.78, 5) is 22.9. The van der Waals surface area contributed by atoms with Gasteiger partial charge in [-0.2, -0.15) is 11.8 Å². The van der Waals surface area contributed by atoms with Gasteiger partial charge in [-0.25, -0.2) is 4.79 Å². The predicted molar refractivity (Wildman–Crippen MR) is 71.2 cm³/mol. The van der Waals surface area contributed by atoms with E-state index < -0.39 is 30.1 Å². The number of aliphatic hydroxyl groups excluding tert-OH is 1. The highest BCUT2D eigenvalue weighted by Crippen LogP contribution is 2.03. The number of ether oxygens (including phenoxy) is 1. The average molecular weight is 278 g/mol. The van der Waals surface area contributed by atoms with Crippen LogP contribution in [0.1, 0.15) is 20.3 Å². The lowest BCUT2D eigenvalue weighted by molar-refractivity contribution is -0.148. The summed E-state index contributed by atoms with van der Waals surface area (Å²) in [6.07, 6.45) is 1.14. The SMILES string of the molecule is CCOC(=O)[C@H](C)NC(=O)C(O)[C@@H](N)CCSC. The van der Waals surface area contributed by atoms with Crippen LogP contribution in [0.2, 0.25) is 0 Å². The van der Waals surface area contributed by atoms with Gasteiger partial charge in [0, 0.05) is 6.04 Å². The van der Waals surface area contributed by atoms with Gasteiger partial charge in [0.25, 0.3) is 5.91 Å². The van der Waals surface area contributed by atoms with E-state index in [9.17, 15) is 14.7 Å². The molecule has 0 saturated carbocycles. The second kappa shape index (κ2) is 9.18. The molecule has 0 aliphatic carbocycles. The fourth-order valence-corrected chi connectivity index (χ4v) is 1.74. The lowest BCUT2D eigenvalue weighted by Crippen LogP contribution is -2.50. The summed E-state index contributed by atoms with van der Waals surface area (Å²) >= 11 is 1.59. The van der Waals surface area contributed by atoms with E-state index in [0.717, 1.165) is 5.75 Å². The smallest absolute Gasteiger partial charge is 0.328 e. The number of aliphatic hydroxyl groups is 1. The number of thioether (sulfide) groups is 1. The molecule has 4 N–H and O–H groups in total. The van der Waals surface area contributed by atoms with Crippen LogP contribution < -0.4 is 11.1 Å². The summed E-state index contributed by atoms with van der Waals surface area (Å²) in [6.45, 7) is 3.42. The van der Waals surface area contributed by atoms with Crippen LogP contribution >= 0.6 is 11.8 Å². The maximum Gasteiger partial charge on any atom is 0.328 e. The maximum atomic E-state index is 11.6. The van der Waals surface area contributed by atoms with Crippen molar-refractivity contribution in [3.63, 3.8) is 0 Å². The fourth-order valence-electron chi connectivity index (χ4n) is 1.23. The van der Waals surface area contributed by atoms with Gasteiger partial charge in [0.1, 0.15) is 12.1 Å². The molecule has 0 fully saturated rings. The molecule has 0 aromatic heterocycles. The number of hydrogen-bond donors (Lipinski definition) is 3. The zero-order chi connectivity index (χ0) is 14.1. The summed E-state index contributed by atoms with van der Waals surface area (Å²) in [6, 6.07) is -1.42. The Hall–Kier alpha value is -0.790. The first kappa shape index (κ1) is 17.2. The van der Waals surface area contributed by atoms with Gasteiger partial charge in [0.05, 0.1) is 6.61 Å². The third-order valence-corrected chi connectivity index (χ3v) is 2.97. The molecule has 0 radical (unpaired) electrons. The number of nitrogens with two attached hydrogens (primary N) is 1. The normalized spacial score (nSPS) is 15.6. The Balaban J connectivity index is 4.18. The van der Waals surface area contributed by atoms with E-state index in [-0.39, 0.29) is 6.61 Å². The maximum absolute atomic E-state index is 11.6. The largest absolute Gasteiger partial charge is 0.464 e. The summed E-state index contributed by atoms with van der Waals surface area (Å²) < 4.78 is 4.74. The molecule has 106 valence electrons. The van der Waals surface area contributed by atoms with Gasteiger partial charge in [-0.1, -0.05) is 0 Å². The molecular formula is C11H22N2O4S. The van der Waals surface area contributed by atoms with Gasteiger partial charge >= 0.3 is 5.97 Å². The van der Waals surface area contributed by atoms with Crippen molar-refractivity contribution in [1.82, 2.24) is 5.32 Å². The number of carbonyl (C=O) groups is 2. The lowest BCUT2D eigenvalue weighted by atomic mass is 10.1. The monoisotopic (exact) mass is 278 g/mol. The van der Waals surface area contributed by atoms with Crippen molar-refractivity contribution in [2.75, 3.05) is 18.6 Å². The molecule has 0 heterocycles. The van der Waals surface area contributed by atoms with Crippen LogP contribution in [-0.4, -0.2) is 53.8 Å². The van der Waals surface area contributed by atoms with E-state index in [2.05, 4.69) is 5.32 Å². The molecule has 3 atom stereocenters. The van der Waals surface area contributed by atoms with Crippen LogP contribution in [-0.2, 0) is 14.3 Å². The van der Waals surface area contributed by atoms with E-state index >= 15 is 0 Å². The van der Waals surface area contributed by atoms with Crippen LogP contribution in [0.3, 0.4) is 0 Å². The quantitative estimate of drug-likeness (QED) is 0.517. The van der Waals surface area contributed by atoms with Crippen molar-refractivity contribution in [1.29, 1.82) is 0 Å². The molecule has 6 nitrogen and oxygen atoms in total. The zero-order valence-electron chi connectivity index (χ0n) is 11.0. The second-order valence-electron chi connectivity index (χ2n) is 3.87. The Labute approximate surface area is 112 Å². The van der Waals surface area contributed by atoms with Crippen molar-refractivity contribution in [3.8, 4) is 0 Å². The number of nitrogens with one attached hydrogen (secondary N) is 1. The highest BCUT2D eigenvalue weighted by molar-refractivity contribution is 7.98. The molecule has 1 amide bonds. The minimum Gasteiger partial charge on any atom is -0.464 e. The molecule has 18 heavy (non-hydrogen) atoms. The lowest BCUT2D eigenvalue weighted by Gasteiger charge is -2.20. The molecule has 0 aliphatic heterocycles. The first-order valence-corrected chi connectivity index (χ1v) is 7.23. The highest BCUT2D eigenvalue weighted by atomic mass is 32.2. The molecule has 0 saturated heterocycles.